The standard InChI is InChI=1S/C12H25N3OS.HI/c1-14(2)11(15(3)4)13-10-12(17-5)6-8-16-9-7-12;/h6-10H2,1-5H3;1H. The molecule has 1 saturated heterocycles. The third-order valence-electron chi connectivity index (χ3n) is 3.15. The minimum absolute atomic E-state index is 0. The van der Waals surface area contributed by atoms with Crippen molar-refractivity contribution in [1.29, 1.82) is 0 Å². The normalized spacial score (nSPS) is 17.6. The summed E-state index contributed by atoms with van der Waals surface area (Å²) in [6.45, 7) is 2.62. The molecule has 1 aliphatic rings. The van der Waals surface area contributed by atoms with Crippen molar-refractivity contribution in [3.05, 3.63) is 0 Å². The lowest BCUT2D eigenvalue weighted by Gasteiger charge is -2.35. The van der Waals surface area contributed by atoms with Gasteiger partial charge >= 0.3 is 0 Å². The van der Waals surface area contributed by atoms with Crippen LogP contribution < -0.4 is 0 Å². The lowest BCUT2D eigenvalue weighted by molar-refractivity contribution is 0.0793. The van der Waals surface area contributed by atoms with Crippen LogP contribution in [-0.2, 0) is 4.74 Å². The SMILES string of the molecule is CSC1(CN=C(N(C)C)N(C)C)CCOCC1.I. The smallest absolute Gasteiger partial charge is 0.195 e. The van der Waals surface area contributed by atoms with E-state index in [0.29, 0.717) is 0 Å². The van der Waals surface area contributed by atoms with Crippen LogP contribution >= 0.6 is 35.7 Å². The molecule has 0 aliphatic carbocycles. The molecule has 0 aromatic carbocycles. The van der Waals surface area contributed by atoms with Crippen molar-refractivity contribution in [3.8, 4) is 0 Å². The molecule has 0 aromatic rings. The average molecular weight is 387 g/mol. The van der Waals surface area contributed by atoms with Gasteiger partial charge < -0.3 is 14.5 Å². The topological polar surface area (TPSA) is 28.1 Å². The van der Waals surface area contributed by atoms with E-state index in [2.05, 4.69) is 16.1 Å². The molecular formula is C12H26IN3OS. The number of rotatable bonds is 3. The van der Waals surface area contributed by atoms with E-state index in [1.54, 1.807) is 0 Å². The Hall–Kier alpha value is 0.310. The second kappa shape index (κ2) is 8.47. The maximum Gasteiger partial charge on any atom is 0.195 e. The number of guanidine groups is 1. The summed E-state index contributed by atoms with van der Waals surface area (Å²) in [7, 11) is 8.15. The minimum atomic E-state index is 0. The molecule has 108 valence electrons. The zero-order valence-corrected chi connectivity index (χ0v) is 15.2. The molecule has 4 nitrogen and oxygen atoms in total. The zero-order chi connectivity index (χ0) is 12.9. The van der Waals surface area contributed by atoms with Gasteiger partial charge in [-0.1, -0.05) is 0 Å². The van der Waals surface area contributed by atoms with Gasteiger partial charge in [-0.15, -0.1) is 24.0 Å². The molecule has 0 N–H and O–H groups in total. The van der Waals surface area contributed by atoms with Crippen LogP contribution in [0.4, 0.5) is 0 Å². The molecule has 6 heteroatoms. The van der Waals surface area contributed by atoms with Crippen molar-refractivity contribution in [2.45, 2.75) is 17.6 Å². The third kappa shape index (κ3) is 5.13. The van der Waals surface area contributed by atoms with Crippen LogP contribution in [0.1, 0.15) is 12.8 Å². The van der Waals surface area contributed by atoms with Crippen molar-refractivity contribution < 1.29 is 4.74 Å². The molecule has 0 radical (unpaired) electrons. The first-order valence-corrected chi connectivity index (χ1v) is 7.25. The first kappa shape index (κ1) is 18.3. The van der Waals surface area contributed by atoms with E-state index >= 15 is 0 Å². The van der Waals surface area contributed by atoms with Gasteiger partial charge in [-0.05, 0) is 19.1 Å². The van der Waals surface area contributed by atoms with Crippen molar-refractivity contribution in [2.24, 2.45) is 4.99 Å². The summed E-state index contributed by atoms with van der Waals surface area (Å²) in [6.07, 6.45) is 4.39. The van der Waals surface area contributed by atoms with E-state index in [1.807, 2.05) is 40.0 Å². The molecule has 0 atom stereocenters. The predicted octanol–water partition coefficient (Wildman–Crippen LogP) is 2.00. The van der Waals surface area contributed by atoms with Gasteiger partial charge in [-0.3, -0.25) is 4.99 Å². The Balaban J connectivity index is 0.00000289. The van der Waals surface area contributed by atoms with E-state index in [9.17, 15) is 0 Å². The summed E-state index contributed by atoms with van der Waals surface area (Å²) >= 11 is 1.93. The Bertz CT molecular complexity index is 256. The van der Waals surface area contributed by atoms with Crippen LogP contribution in [0.3, 0.4) is 0 Å². The van der Waals surface area contributed by atoms with Crippen LogP contribution in [0.2, 0.25) is 0 Å². The molecular weight excluding hydrogens is 361 g/mol. The maximum atomic E-state index is 5.45. The van der Waals surface area contributed by atoms with E-state index in [-0.39, 0.29) is 28.7 Å². The van der Waals surface area contributed by atoms with Gasteiger partial charge in [0.1, 0.15) is 0 Å². The van der Waals surface area contributed by atoms with Gasteiger partial charge in [0, 0.05) is 46.2 Å². The molecule has 0 amide bonds. The molecule has 18 heavy (non-hydrogen) atoms. The third-order valence-corrected chi connectivity index (χ3v) is 4.55. The average Bonchev–Trinajstić information content (AvgIpc) is 2.29. The Morgan fingerprint density at radius 1 is 1.17 bits per heavy atom. The first-order chi connectivity index (χ1) is 8.01. The highest BCUT2D eigenvalue weighted by Gasteiger charge is 2.31. The van der Waals surface area contributed by atoms with Gasteiger partial charge in [0.05, 0.1) is 6.54 Å². The number of aliphatic imine (C=N–C) groups is 1. The van der Waals surface area contributed by atoms with Crippen LogP contribution in [0.15, 0.2) is 4.99 Å². The fraction of sp³-hybridized carbons (Fsp3) is 0.917. The van der Waals surface area contributed by atoms with Crippen LogP contribution in [0, 0.1) is 0 Å². The van der Waals surface area contributed by atoms with Crippen molar-refractivity contribution in [2.75, 3.05) is 54.2 Å². The highest BCUT2D eigenvalue weighted by atomic mass is 127. The van der Waals surface area contributed by atoms with E-state index in [1.165, 1.54) is 0 Å². The van der Waals surface area contributed by atoms with Crippen molar-refractivity contribution in [1.82, 2.24) is 9.80 Å². The molecule has 0 unspecified atom stereocenters. The summed E-state index contributed by atoms with van der Waals surface area (Å²) in [6, 6.07) is 0. The number of hydrogen-bond donors (Lipinski definition) is 0. The van der Waals surface area contributed by atoms with Gasteiger partial charge in [-0.25, -0.2) is 0 Å². The van der Waals surface area contributed by atoms with Crippen molar-refractivity contribution >= 4 is 41.7 Å². The molecule has 1 aliphatic heterocycles. The van der Waals surface area contributed by atoms with Crippen LogP contribution in [-0.4, -0.2) is 74.7 Å². The summed E-state index contributed by atoms with van der Waals surface area (Å²) in [5, 5.41) is 0. The first-order valence-electron chi connectivity index (χ1n) is 6.03. The second-order valence-electron chi connectivity index (χ2n) is 4.90. The highest BCUT2D eigenvalue weighted by molar-refractivity contribution is 14.0. The minimum Gasteiger partial charge on any atom is -0.381 e. The number of nitrogens with zero attached hydrogens (tertiary/aromatic N) is 3. The Morgan fingerprint density at radius 2 is 1.67 bits per heavy atom. The maximum absolute atomic E-state index is 5.45. The Morgan fingerprint density at radius 3 is 2.06 bits per heavy atom. The van der Waals surface area contributed by atoms with E-state index < -0.39 is 0 Å². The molecule has 1 rings (SSSR count). The van der Waals surface area contributed by atoms with Gasteiger partial charge in [0.15, 0.2) is 5.96 Å². The molecule has 0 saturated carbocycles. The second-order valence-corrected chi connectivity index (χ2v) is 6.18. The number of halogens is 1. The van der Waals surface area contributed by atoms with E-state index in [0.717, 1.165) is 38.6 Å². The predicted molar refractivity (Wildman–Crippen MR) is 91.4 cm³/mol. The summed E-state index contributed by atoms with van der Waals surface area (Å²) in [5.74, 6) is 1.03. The number of thioether (sulfide) groups is 1. The lowest BCUT2D eigenvalue weighted by atomic mass is 9.99. The van der Waals surface area contributed by atoms with Gasteiger partial charge in [0.2, 0.25) is 0 Å². The monoisotopic (exact) mass is 387 g/mol. The summed E-state index contributed by atoms with van der Waals surface area (Å²) in [4.78, 5) is 8.91. The van der Waals surface area contributed by atoms with Crippen LogP contribution in [0.5, 0.6) is 0 Å². The number of ether oxygens (including phenoxy) is 1. The molecule has 0 spiro atoms. The highest BCUT2D eigenvalue weighted by Crippen LogP contribution is 2.34. The quantitative estimate of drug-likeness (QED) is 0.421. The number of hydrogen-bond acceptors (Lipinski definition) is 3. The van der Waals surface area contributed by atoms with Crippen LogP contribution in [0.25, 0.3) is 0 Å². The Labute approximate surface area is 133 Å². The van der Waals surface area contributed by atoms with Gasteiger partial charge in [0.25, 0.3) is 0 Å². The largest absolute Gasteiger partial charge is 0.381 e. The summed E-state index contributed by atoms with van der Waals surface area (Å²) < 4.78 is 5.72. The fourth-order valence-corrected chi connectivity index (χ4v) is 2.84. The Kier molecular flexibility index (Phi) is 8.62. The zero-order valence-electron chi connectivity index (χ0n) is 12.1. The lowest BCUT2D eigenvalue weighted by Crippen LogP contribution is -2.40. The fourth-order valence-electron chi connectivity index (χ4n) is 2.07. The molecule has 1 fully saturated rings. The van der Waals surface area contributed by atoms with E-state index in [4.69, 9.17) is 9.73 Å². The molecule has 0 bridgehead atoms. The summed E-state index contributed by atoms with van der Waals surface area (Å²) in [5.41, 5.74) is 0. The molecule has 0 aromatic heterocycles. The van der Waals surface area contributed by atoms with Gasteiger partial charge in [-0.2, -0.15) is 11.8 Å². The molecule has 1 heterocycles. The van der Waals surface area contributed by atoms with Crippen molar-refractivity contribution in [3.63, 3.8) is 0 Å².